The summed E-state index contributed by atoms with van der Waals surface area (Å²) < 4.78 is 5.69. The first-order valence-electron chi connectivity index (χ1n) is 8.51. The molecule has 0 radical (unpaired) electrons. The molecule has 0 aliphatic heterocycles. The van der Waals surface area contributed by atoms with Crippen molar-refractivity contribution < 1.29 is 4.79 Å². The van der Waals surface area contributed by atoms with Crippen molar-refractivity contribution in [2.24, 2.45) is 7.05 Å². The summed E-state index contributed by atoms with van der Waals surface area (Å²) in [6.07, 6.45) is 1.65. The fourth-order valence-electron chi connectivity index (χ4n) is 3.13. The zero-order chi connectivity index (χ0) is 19.0. The van der Waals surface area contributed by atoms with Crippen LogP contribution in [0, 0.1) is 0 Å². The molecule has 0 spiro atoms. The first-order chi connectivity index (χ1) is 13.1. The first-order valence-corrected chi connectivity index (χ1v) is 8.51. The second-order valence-corrected chi connectivity index (χ2v) is 6.20. The van der Waals surface area contributed by atoms with E-state index in [1.54, 1.807) is 37.5 Å². The quantitative estimate of drug-likeness (QED) is 0.536. The summed E-state index contributed by atoms with van der Waals surface area (Å²) in [7, 11) is 1.68. The van der Waals surface area contributed by atoms with Crippen LogP contribution in [0.4, 0.5) is 0 Å². The summed E-state index contributed by atoms with van der Waals surface area (Å²) in [6, 6.07) is 12.6. The molecule has 27 heavy (non-hydrogen) atoms. The molecule has 0 saturated carbocycles. The predicted molar refractivity (Wildman–Crippen MR) is 99.6 cm³/mol. The minimum Gasteiger partial charge on any atom is -0.353 e. The van der Waals surface area contributed by atoms with E-state index >= 15 is 0 Å². The monoisotopic (exact) mass is 366 g/mol. The van der Waals surface area contributed by atoms with Gasteiger partial charge in [-0.2, -0.15) is 0 Å². The van der Waals surface area contributed by atoms with Gasteiger partial charge in [0.1, 0.15) is 6.54 Å². The summed E-state index contributed by atoms with van der Waals surface area (Å²) in [5.41, 5.74) is 1.52. The van der Waals surface area contributed by atoms with Crippen LogP contribution in [-0.4, -0.2) is 35.8 Å². The van der Waals surface area contributed by atoms with E-state index < -0.39 is 0 Å². The summed E-state index contributed by atoms with van der Waals surface area (Å²) in [5.74, 6) is -0.301. The number of imidazole rings is 1. The van der Waals surface area contributed by atoms with Gasteiger partial charge in [-0.25, -0.2) is 14.3 Å². The van der Waals surface area contributed by atoms with Crippen molar-refractivity contribution in [2.45, 2.75) is 13.1 Å². The van der Waals surface area contributed by atoms with Crippen LogP contribution in [0.5, 0.6) is 0 Å². The molecule has 3 aromatic heterocycles. The van der Waals surface area contributed by atoms with Crippen molar-refractivity contribution in [1.29, 1.82) is 0 Å². The predicted octanol–water partition coefficient (Wildman–Crippen LogP) is -0.0342. The molecule has 0 saturated heterocycles. The van der Waals surface area contributed by atoms with Gasteiger partial charge >= 0.3 is 11.4 Å². The van der Waals surface area contributed by atoms with Gasteiger partial charge in [0.2, 0.25) is 5.91 Å². The molecule has 9 nitrogen and oxygen atoms in total. The number of nitrogens with zero attached hydrogens (tertiary/aromatic N) is 5. The minimum absolute atomic E-state index is 0.0831. The molecule has 3 heterocycles. The molecule has 138 valence electrons. The summed E-state index contributed by atoms with van der Waals surface area (Å²) >= 11 is 0. The van der Waals surface area contributed by atoms with E-state index in [1.807, 2.05) is 18.2 Å². The smallest absolute Gasteiger partial charge is 0.350 e. The number of carbonyl (C=O) groups excluding carboxylic acids is 1. The van der Waals surface area contributed by atoms with Gasteiger partial charge in [0, 0.05) is 19.8 Å². The highest BCUT2D eigenvalue weighted by Crippen LogP contribution is 2.11. The van der Waals surface area contributed by atoms with Crippen molar-refractivity contribution >= 4 is 22.6 Å². The van der Waals surface area contributed by atoms with Crippen molar-refractivity contribution in [3.63, 3.8) is 0 Å². The number of hydrogen-bond donors (Lipinski definition) is 1. The van der Waals surface area contributed by atoms with Crippen LogP contribution in [0.25, 0.3) is 16.7 Å². The maximum Gasteiger partial charge on any atom is 0.350 e. The number of nitrogens with one attached hydrogen (secondary N) is 1. The summed E-state index contributed by atoms with van der Waals surface area (Å²) in [5, 5.41) is 6.94. The second-order valence-electron chi connectivity index (χ2n) is 6.20. The van der Waals surface area contributed by atoms with E-state index in [4.69, 9.17) is 0 Å². The van der Waals surface area contributed by atoms with Crippen LogP contribution in [0.3, 0.4) is 0 Å². The standard InChI is InChI=1S/C18H18N6O3/c1-21-13-6-2-3-7-14(13)23(17(21)26)12-16(25)19-9-11-24-18(27)22-10-5-4-8-15(22)20-24/h2-8,10H,9,11-12H2,1H3,(H,19,25). The van der Waals surface area contributed by atoms with Crippen LogP contribution in [-0.2, 0) is 24.9 Å². The highest BCUT2D eigenvalue weighted by molar-refractivity contribution is 5.80. The average Bonchev–Trinajstić information content (AvgIpc) is 3.12. The minimum atomic E-state index is -0.301. The molecule has 0 bridgehead atoms. The zero-order valence-corrected chi connectivity index (χ0v) is 14.7. The average molecular weight is 366 g/mol. The third-order valence-electron chi connectivity index (χ3n) is 4.49. The van der Waals surface area contributed by atoms with Gasteiger partial charge in [-0.1, -0.05) is 18.2 Å². The van der Waals surface area contributed by atoms with Gasteiger partial charge in [-0.3, -0.25) is 18.3 Å². The van der Waals surface area contributed by atoms with Gasteiger partial charge in [0.25, 0.3) is 0 Å². The van der Waals surface area contributed by atoms with E-state index in [-0.39, 0.29) is 36.9 Å². The van der Waals surface area contributed by atoms with E-state index in [0.717, 1.165) is 5.52 Å². The van der Waals surface area contributed by atoms with Crippen LogP contribution in [0.2, 0.25) is 0 Å². The Morgan fingerprint density at radius 1 is 1.04 bits per heavy atom. The molecular formula is C18H18N6O3. The van der Waals surface area contributed by atoms with Crippen LogP contribution in [0.1, 0.15) is 0 Å². The van der Waals surface area contributed by atoms with Crippen molar-refractivity contribution in [2.75, 3.05) is 6.54 Å². The van der Waals surface area contributed by atoms with Crippen molar-refractivity contribution in [1.82, 2.24) is 28.6 Å². The molecule has 0 atom stereocenters. The lowest BCUT2D eigenvalue weighted by Gasteiger charge is -2.06. The number of benzene rings is 1. The summed E-state index contributed by atoms with van der Waals surface area (Å²) in [4.78, 5) is 36.8. The Bertz CT molecular complexity index is 1260. The molecule has 1 amide bonds. The Balaban J connectivity index is 1.45. The lowest BCUT2D eigenvalue weighted by molar-refractivity contribution is -0.121. The molecule has 0 unspecified atom stereocenters. The Hall–Kier alpha value is -3.62. The van der Waals surface area contributed by atoms with Crippen LogP contribution >= 0.6 is 0 Å². The molecular weight excluding hydrogens is 348 g/mol. The third kappa shape index (κ3) is 2.92. The Morgan fingerprint density at radius 2 is 1.78 bits per heavy atom. The number of rotatable bonds is 5. The first kappa shape index (κ1) is 16.8. The highest BCUT2D eigenvalue weighted by atomic mass is 16.2. The molecule has 0 fully saturated rings. The zero-order valence-electron chi connectivity index (χ0n) is 14.7. The maximum atomic E-state index is 12.4. The fraction of sp³-hybridized carbons (Fsp3) is 0.222. The number of aryl methyl sites for hydroxylation is 1. The Morgan fingerprint density at radius 3 is 2.56 bits per heavy atom. The number of para-hydroxylation sites is 2. The fourth-order valence-corrected chi connectivity index (χ4v) is 3.13. The topological polar surface area (TPSA) is 95.3 Å². The van der Waals surface area contributed by atoms with E-state index in [2.05, 4.69) is 10.4 Å². The normalized spacial score (nSPS) is 11.3. The van der Waals surface area contributed by atoms with Crippen molar-refractivity contribution in [3.05, 3.63) is 69.6 Å². The van der Waals surface area contributed by atoms with Gasteiger partial charge < -0.3 is 5.32 Å². The summed E-state index contributed by atoms with van der Waals surface area (Å²) in [6.45, 7) is 0.402. The van der Waals surface area contributed by atoms with Gasteiger partial charge in [-0.05, 0) is 24.3 Å². The SMILES string of the molecule is Cn1c(=O)n(CC(=O)NCCn2nc3ccccn3c2=O)c2ccccc21. The Labute approximate surface area is 153 Å². The molecule has 1 aromatic carbocycles. The maximum absolute atomic E-state index is 12.4. The lowest BCUT2D eigenvalue weighted by Crippen LogP contribution is -2.35. The number of pyridine rings is 1. The van der Waals surface area contributed by atoms with E-state index in [9.17, 15) is 14.4 Å². The molecule has 4 rings (SSSR count). The van der Waals surface area contributed by atoms with Gasteiger partial charge in [0.05, 0.1) is 17.6 Å². The highest BCUT2D eigenvalue weighted by Gasteiger charge is 2.13. The molecule has 9 heteroatoms. The molecule has 4 aromatic rings. The number of aromatic nitrogens is 5. The van der Waals surface area contributed by atoms with Gasteiger partial charge in [-0.15, -0.1) is 5.10 Å². The number of amides is 1. The largest absolute Gasteiger partial charge is 0.353 e. The van der Waals surface area contributed by atoms with Crippen molar-refractivity contribution in [3.8, 4) is 0 Å². The lowest BCUT2D eigenvalue weighted by atomic mass is 10.3. The van der Waals surface area contributed by atoms with Crippen LogP contribution < -0.4 is 16.7 Å². The second kappa shape index (κ2) is 6.60. The van der Waals surface area contributed by atoms with Crippen LogP contribution in [0.15, 0.2) is 58.3 Å². The Kier molecular flexibility index (Phi) is 4.11. The number of carbonyl (C=O) groups is 1. The van der Waals surface area contributed by atoms with E-state index in [1.165, 1.54) is 18.2 Å². The molecule has 1 N–H and O–H groups in total. The third-order valence-corrected chi connectivity index (χ3v) is 4.49. The van der Waals surface area contributed by atoms with E-state index in [0.29, 0.717) is 11.2 Å². The van der Waals surface area contributed by atoms with Gasteiger partial charge in [0.15, 0.2) is 5.65 Å². The number of fused-ring (bicyclic) bond motifs is 2. The molecule has 0 aliphatic carbocycles. The number of hydrogen-bond acceptors (Lipinski definition) is 4. The molecule has 0 aliphatic rings.